The molecule has 6 heteroatoms. The molecule has 1 amide bonds. The molecule has 4 aromatic carbocycles. The molecule has 4 aromatic rings. The predicted molar refractivity (Wildman–Crippen MR) is 131 cm³/mol. The van der Waals surface area contributed by atoms with E-state index in [1.54, 1.807) is 30.3 Å². The number of para-hydroxylation sites is 1. The summed E-state index contributed by atoms with van der Waals surface area (Å²) in [4.78, 5) is 13.1. The lowest BCUT2D eigenvalue weighted by Crippen LogP contribution is -2.31. The van der Waals surface area contributed by atoms with Gasteiger partial charge in [0.2, 0.25) is 5.88 Å². The number of nitriles is 1. The lowest BCUT2D eigenvalue weighted by Gasteiger charge is -2.30. The molecule has 0 fully saturated rings. The Hall–Kier alpha value is -4.27. The fraction of sp³-hybridized carbons (Fsp3) is 0.0714. The van der Waals surface area contributed by atoms with Gasteiger partial charge in [0.1, 0.15) is 23.1 Å². The normalized spacial score (nSPS) is 14.7. The van der Waals surface area contributed by atoms with Gasteiger partial charge in [-0.25, -0.2) is 0 Å². The van der Waals surface area contributed by atoms with Gasteiger partial charge in [0, 0.05) is 10.6 Å². The highest BCUT2D eigenvalue weighted by Gasteiger charge is 2.35. The average Bonchev–Trinajstić information content (AvgIpc) is 2.88. The van der Waals surface area contributed by atoms with Crippen molar-refractivity contribution in [2.75, 3.05) is 7.11 Å². The van der Waals surface area contributed by atoms with E-state index in [1.165, 1.54) is 7.11 Å². The number of nitrogens with zero attached hydrogens (tertiary/aromatic N) is 1. The molecule has 0 aromatic heterocycles. The summed E-state index contributed by atoms with van der Waals surface area (Å²) >= 11 is 6.61. The number of rotatable bonds is 4. The number of carbonyl (C=O) groups is 1. The minimum Gasteiger partial charge on any atom is -0.496 e. The fourth-order valence-electron chi connectivity index (χ4n) is 4.33. The Morgan fingerprint density at radius 2 is 1.74 bits per heavy atom. The first-order valence-electron chi connectivity index (χ1n) is 10.6. The highest BCUT2D eigenvalue weighted by Crippen LogP contribution is 2.47. The number of ether oxygens (including phenoxy) is 2. The van der Waals surface area contributed by atoms with Crippen LogP contribution in [0.4, 0.5) is 0 Å². The van der Waals surface area contributed by atoms with Crippen molar-refractivity contribution in [2.45, 2.75) is 5.92 Å². The van der Waals surface area contributed by atoms with Crippen LogP contribution in [0.5, 0.6) is 11.5 Å². The minimum atomic E-state index is -0.526. The van der Waals surface area contributed by atoms with Crippen LogP contribution in [0.2, 0.25) is 5.02 Å². The van der Waals surface area contributed by atoms with Gasteiger partial charge in [0.05, 0.1) is 18.6 Å². The third kappa shape index (κ3) is 3.64. The number of hydrogen-bond acceptors (Lipinski definition) is 4. The monoisotopic (exact) mass is 466 g/mol. The van der Waals surface area contributed by atoms with Crippen LogP contribution in [0.25, 0.3) is 10.8 Å². The van der Waals surface area contributed by atoms with Gasteiger partial charge < -0.3 is 9.47 Å². The first kappa shape index (κ1) is 21.6. The van der Waals surface area contributed by atoms with Gasteiger partial charge in [-0.05, 0) is 40.6 Å². The second-order valence-corrected chi connectivity index (χ2v) is 8.17. The SMILES string of the molecule is COc1ccccc1C(=O)NC1=C(C#N)C(c2ccccc2Cl)c2c(ccc3ccccc23)O1. The standard InChI is InChI=1S/C28H19ClN2O3/c1-33-23-13-7-5-11-20(23)27(32)31-28-21(16-30)25(19-10-4-6-12-22(19)29)26-18-9-3-2-8-17(18)14-15-24(26)34-28/h2-15,25H,1H3,(H,31,32). The van der Waals surface area contributed by atoms with Gasteiger partial charge in [-0.1, -0.05) is 72.3 Å². The van der Waals surface area contributed by atoms with Crippen LogP contribution < -0.4 is 14.8 Å². The number of amides is 1. The molecule has 0 bridgehead atoms. The summed E-state index contributed by atoms with van der Waals surface area (Å²) in [6.07, 6.45) is 0. The van der Waals surface area contributed by atoms with E-state index < -0.39 is 11.8 Å². The number of carbonyl (C=O) groups excluding carboxylic acids is 1. The molecule has 0 saturated heterocycles. The molecule has 1 aliphatic heterocycles. The fourth-order valence-corrected chi connectivity index (χ4v) is 4.58. The molecule has 5 nitrogen and oxygen atoms in total. The molecular formula is C28H19ClN2O3. The summed E-state index contributed by atoms with van der Waals surface area (Å²) in [7, 11) is 1.50. The van der Waals surface area contributed by atoms with Crippen LogP contribution in [0.15, 0.2) is 96.4 Å². The lowest BCUT2D eigenvalue weighted by atomic mass is 9.81. The second kappa shape index (κ2) is 8.93. The lowest BCUT2D eigenvalue weighted by molar-refractivity contribution is 0.0944. The Balaban J connectivity index is 1.70. The Labute approximate surface area is 201 Å². The van der Waals surface area contributed by atoms with Crippen molar-refractivity contribution in [3.63, 3.8) is 0 Å². The largest absolute Gasteiger partial charge is 0.496 e. The van der Waals surface area contributed by atoms with Gasteiger partial charge in [0.15, 0.2) is 0 Å². The van der Waals surface area contributed by atoms with Crippen molar-refractivity contribution in [2.24, 2.45) is 0 Å². The first-order chi connectivity index (χ1) is 16.6. The van der Waals surface area contributed by atoms with Crippen LogP contribution in [-0.2, 0) is 0 Å². The zero-order chi connectivity index (χ0) is 23.7. The van der Waals surface area contributed by atoms with E-state index in [0.717, 1.165) is 21.9 Å². The van der Waals surface area contributed by atoms with Gasteiger partial charge >= 0.3 is 0 Å². The molecule has 166 valence electrons. The number of nitrogens with one attached hydrogen (secondary N) is 1. The molecule has 1 atom stereocenters. The summed E-state index contributed by atoms with van der Waals surface area (Å²) in [5, 5.41) is 15.5. The molecule has 0 spiro atoms. The quantitative estimate of drug-likeness (QED) is 0.389. The predicted octanol–water partition coefficient (Wildman–Crippen LogP) is 6.19. The Kier molecular flexibility index (Phi) is 5.67. The summed E-state index contributed by atoms with van der Waals surface area (Å²) in [5.74, 6) is 0.0804. The number of fused-ring (bicyclic) bond motifs is 3. The Morgan fingerprint density at radius 1 is 1.00 bits per heavy atom. The number of hydrogen-bond donors (Lipinski definition) is 1. The van der Waals surface area contributed by atoms with Gasteiger partial charge in [-0.2, -0.15) is 5.26 Å². The number of benzene rings is 4. The van der Waals surface area contributed by atoms with E-state index >= 15 is 0 Å². The summed E-state index contributed by atoms with van der Waals surface area (Å²) in [5.41, 5.74) is 2.18. The third-order valence-electron chi connectivity index (χ3n) is 5.88. The van der Waals surface area contributed by atoms with Crippen LogP contribution in [-0.4, -0.2) is 13.0 Å². The molecule has 1 heterocycles. The second-order valence-electron chi connectivity index (χ2n) is 7.76. The molecule has 0 aliphatic carbocycles. The number of allylic oxidation sites excluding steroid dienone is 1. The smallest absolute Gasteiger partial charge is 0.261 e. The number of methoxy groups -OCH3 is 1. The van der Waals surface area contributed by atoms with Crippen molar-refractivity contribution in [3.8, 4) is 17.6 Å². The first-order valence-corrected chi connectivity index (χ1v) is 11.0. The molecule has 5 rings (SSSR count). The molecule has 0 radical (unpaired) electrons. The molecule has 34 heavy (non-hydrogen) atoms. The van der Waals surface area contributed by atoms with Gasteiger partial charge in [0.25, 0.3) is 5.91 Å². The summed E-state index contributed by atoms with van der Waals surface area (Å²) in [6, 6.07) is 28.3. The highest BCUT2D eigenvalue weighted by molar-refractivity contribution is 6.31. The van der Waals surface area contributed by atoms with Crippen molar-refractivity contribution < 1.29 is 14.3 Å². The molecular weight excluding hydrogens is 448 g/mol. The van der Waals surface area contributed by atoms with Crippen LogP contribution >= 0.6 is 11.6 Å². The highest BCUT2D eigenvalue weighted by atomic mass is 35.5. The zero-order valence-corrected chi connectivity index (χ0v) is 19.0. The van der Waals surface area contributed by atoms with Crippen LogP contribution in [0.1, 0.15) is 27.4 Å². The Morgan fingerprint density at radius 3 is 2.53 bits per heavy atom. The topological polar surface area (TPSA) is 71.3 Å². The van der Waals surface area contributed by atoms with Crippen LogP contribution in [0, 0.1) is 11.3 Å². The van der Waals surface area contributed by atoms with Crippen molar-refractivity contribution >= 4 is 28.3 Å². The van der Waals surface area contributed by atoms with Gasteiger partial charge in [-0.15, -0.1) is 0 Å². The van der Waals surface area contributed by atoms with Crippen molar-refractivity contribution in [3.05, 3.63) is 118 Å². The van der Waals surface area contributed by atoms with E-state index in [9.17, 15) is 10.1 Å². The maximum atomic E-state index is 13.1. The Bertz CT molecular complexity index is 1500. The van der Waals surface area contributed by atoms with Crippen LogP contribution in [0.3, 0.4) is 0 Å². The van der Waals surface area contributed by atoms with E-state index in [1.807, 2.05) is 54.6 Å². The van der Waals surface area contributed by atoms with E-state index in [2.05, 4.69) is 11.4 Å². The maximum absolute atomic E-state index is 13.1. The minimum absolute atomic E-state index is 0.0751. The third-order valence-corrected chi connectivity index (χ3v) is 6.22. The van der Waals surface area contributed by atoms with E-state index in [-0.39, 0.29) is 11.5 Å². The molecule has 1 unspecified atom stereocenters. The zero-order valence-electron chi connectivity index (χ0n) is 18.2. The van der Waals surface area contributed by atoms with E-state index in [4.69, 9.17) is 21.1 Å². The molecule has 0 saturated carbocycles. The molecule has 1 N–H and O–H groups in total. The summed E-state index contributed by atoms with van der Waals surface area (Å²) < 4.78 is 11.5. The molecule has 1 aliphatic rings. The maximum Gasteiger partial charge on any atom is 0.261 e. The van der Waals surface area contributed by atoms with Crippen molar-refractivity contribution in [1.29, 1.82) is 5.26 Å². The number of halogens is 1. The average molecular weight is 467 g/mol. The summed E-state index contributed by atoms with van der Waals surface area (Å²) in [6.45, 7) is 0. The van der Waals surface area contributed by atoms with E-state index in [0.29, 0.717) is 22.1 Å². The van der Waals surface area contributed by atoms with Crippen molar-refractivity contribution in [1.82, 2.24) is 5.32 Å². The van der Waals surface area contributed by atoms with Gasteiger partial charge in [-0.3, -0.25) is 10.1 Å².